The number of aryl methyl sites for hydroxylation is 1. The topological polar surface area (TPSA) is 113 Å². The van der Waals surface area contributed by atoms with Crippen LogP contribution in [0.1, 0.15) is 5.56 Å². The van der Waals surface area contributed by atoms with Crippen molar-refractivity contribution in [2.45, 2.75) is 11.9 Å². The third-order valence-corrected chi connectivity index (χ3v) is 2.28. The number of H-pyrrole nitrogens is 1. The normalized spacial score (nSPS) is 11.5. The molecule has 1 heterocycles. The predicted octanol–water partition coefficient (Wildman–Crippen LogP) is 0.478. The molecule has 0 saturated carbocycles. The smallest absolute Gasteiger partial charge is 0.317 e. The molecule has 0 aromatic carbocycles. The van der Waals surface area contributed by atoms with Crippen molar-refractivity contribution in [3.05, 3.63) is 21.9 Å². The maximum Gasteiger partial charge on any atom is 0.317 e. The molecule has 1 rings (SSSR count). The van der Waals surface area contributed by atoms with Crippen LogP contribution in [0, 0.1) is 17.0 Å². The van der Waals surface area contributed by atoms with E-state index < -0.39 is 25.8 Å². The highest BCUT2D eigenvalue weighted by Crippen LogP contribution is 2.25. The molecule has 0 saturated heterocycles. The van der Waals surface area contributed by atoms with E-state index in [9.17, 15) is 18.5 Å². The van der Waals surface area contributed by atoms with Crippen molar-refractivity contribution in [3.63, 3.8) is 0 Å². The minimum absolute atomic E-state index is 0.151. The lowest BCUT2D eigenvalue weighted by atomic mass is 10.3. The van der Waals surface area contributed by atoms with E-state index in [1.54, 1.807) is 0 Å². The molecule has 0 aliphatic carbocycles. The first-order valence-corrected chi connectivity index (χ1v) is 4.58. The first kappa shape index (κ1) is 9.68. The summed E-state index contributed by atoms with van der Waals surface area (Å²) in [6.45, 7) is 1.36. The summed E-state index contributed by atoms with van der Waals surface area (Å²) in [4.78, 5) is 11.6. The van der Waals surface area contributed by atoms with E-state index in [0.717, 1.165) is 6.20 Å². The van der Waals surface area contributed by atoms with Gasteiger partial charge in [0, 0.05) is 11.8 Å². The lowest BCUT2D eigenvalue weighted by Crippen LogP contribution is -2.02. The van der Waals surface area contributed by atoms with Crippen LogP contribution in [-0.4, -0.2) is 22.9 Å². The predicted molar refractivity (Wildman–Crippen MR) is 42.0 cm³/mol. The average Bonchev–Trinajstić information content (AvgIpc) is 2.28. The van der Waals surface area contributed by atoms with Gasteiger partial charge in [-0.2, -0.15) is 8.42 Å². The van der Waals surface area contributed by atoms with Gasteiger partial charge in [-0.3, -0.25) is 14.7 Å². The summed E-state index contributed by atoms with van der Waals surface area (Å²) in [5.41, 5.74) is -0.472. The lowest BCUT2D eigenvalue weighted by molar-refractivity contribution is -0.388. The van der Waals surface area contributed by atoms with Crippen molar-refractivity contribution in [2.24, 2.45) is 0 Å². The summed E-state index contributed by atoms with van der Waals surface area (Å²) >= 11 is 0. The van der Waals surface area contributed by atoms with Gasteiger partial charge in [0.1, 0.15) is 0 Å². The first-order chi connectivity index (χ1) is 5.84. The molecule has 0 radical (unpaired) electrons. The standard InChI is InChI=1S/C5H6N2O5S/c1-3-2-6-5(13(10,11)12)4(3)7(8)9/h2,6H,1H3,(H,10,11,12). The Morgan fingerprint density at radius 3 is 2.46 bits per heavy atom. The minimum Gasteiger partial charge on any atom is -0.344 e. The molecule has 8 heteroatoms. The zero-order valence-electron chi connectivity index (χ0n) is 6.51. The van der Waals surface area contributed by atoms with Gasteiger partial charge in [0.15, 0.2) is 0 Å². The Bertz CT molecular complexity index is 445. The Morgan fingerprint density at radius 2 is 2.15 bits per heavy atom. The zero-order valence-corrected chi connectivity index (χ0v) is 7.33. The number of nitrogens with one attached hydrogen (secondary N) is 1. The summed E-state index contributed by atoms with van der Waals surface area (Å²) in [6.07, 6.45) is 1.14. The Hall–Kier alpha value is -1.41. The molecular formula is C5H6N2O5S. The van der Waals surface area contributed by atoms with Crippen LogP contribution >= 0.6 is 0 Å². The highest BCUT2D eigenvalue weighted by atomic mass is 32.2. The Kier molecular flexibility index (Phi) is 2.10. The monoisotopic (exact) mass is 206 g/mol. The quantitative estimate of drug-likeness (QED) is 0.415. The van der Waals surface area contributed by atoms with Crippen molar-refractivity contribution in [3.8, 4) is 0 Å². The van der Waals surface area contributed by atoms with E-state index in [-0.39, 0.29) is 5.56 Å². The molecule has 13 heavy (non-hydrogen) atoms. The van der Waals surface area contributed by atoms with Crippen LogP contribution in [0.25, 0.3) is 0 Å². The number of aromatic amines is 1. The number of rotatable bonds is 2. The van der Waals surface area contributed by atoms with Crippen LogP contribution in [0.5, 0.6) is 0 Å². The van der Waals surface area contributed by atoms with Gasteiger partial charge in [-0.25, -0.2) is 0 Å². The molecule has 0 aliphatic rings. The summed E-state index contributed by atoms with van der Waals surface area (Å²) in [6, 6.07) is 0. The van der Waals surface area contributed by atoms with Crippen molar-refractivity contribution in [2.75, 3.05) is 0 Å². The van der Waals surface area contributed by atoms with E-state index >= 15 is 0 Å². The second-order valence-corrected chi connectivity index (χ2v) is 3.74. The fourth-order valence-corrected chi connectivity index (χ4v) is 1.60. The molecule has 0 unspecified atom stereocenters. The summed E-state index contributed by atoms with van der Waals surface area (Å²) in [5, 5.41) is 9.58. The molecule has 7 nitrogen and oxygen atoms in total. The molecule has 1 aromatic rings. The van der Waals surface area contributed by atoms with Crippen LogP contribution in [0.15, 0.2) is 11.2 Å². The number of hydrogen-bond acceptors (Lipinski definition) is 4. The van der Waals surface area contributed by atoms with Crippen molar-refractivity contribution < 1.29 is 17.9 Å². The maximum absolute atomic E-state index is 10.6. The van der Waals surface area contributed by atoms with Crippen molar-refractivity contribution >= 4 is 15.8 Å². The number of aromatic nitrogens is 1. The molecular weight excluding hydrogens is 200 g/mol. The van der Waals surface area contributed by atoms with Crippen LogP contribution in [0.2, 0.25) is 0 Å². The second kappa shape index (κ2) is 2.82. The molecule has 0 spiro atoms. The summed E-state index contributed by atoms with van der Waals surface area (Å²) in [7, 11) is -4.55. The van der Waals surface area contributed by atoms with E-state index in [1.165, 1.54) is 6.92 Å². The number of nitro groups is 1. The van der Waals surface area contributed by atoms with Gasteiger partial charge < -0.3 is 4.98 Å². The Labute approximate surface area is 73.3 Å². The molecule has 0 fully saturated rings. The van der Waals surface area contributed by atoms with E-state index in [1.807, 2.05) is 0 Å². The minimum atomic E-state index is -4.55. The first-order valence-electron chi connectivity index (χ1n) is 3.14. The largest absolute Gasteiger partial charge is 0.344 e. The van der Waals surface area contributed by atoms with Crippen LogP contribution in [0.4, 0.5) is 5.69 Å². The molecule has 1 aromatic heterocycles. The summed E-state index contributed by atoms with van der Waals surface area (Å²) in [5.74, 6) is 0. The lowest BCUT2D eigenvalue weighted by Gasteiger charge is -1.92. The average molecular weight is 206 g/mol. The maximum atomic E-state index is 10.6. The zero-order chi connectivity index (χ0) is 10.2. The number of nitrogens with zero attached hydrogens (tertiary/aromatic N) is 1. The third kappa shape index (κ3) is 1.68. The second-order valence-electron chi connectivity index (χ2n) is 2.38. The fourth-order valence-electron chi connectivity index (χ4n) is 0.913. The van der Waals surface area contributed by atoms with Gasteiger partial charge in [-0.1, -0.05) is 0 Å². The van der Waals surface area contributed by atoms with Gasteiger partial charge >= 0.3 is 15.8 Å². The van der Waals surface area contributed by atoms with E-state index in [0.29, 0.717) is 0 Å². The van der Waals surface area contributed by atoms with Crippen molar-refractivity contribution in [1.29, 1.82) is 0 Å². The van der Waals surface area contributed by atoms with Crippen LogP contribution in [0.3, 0.4) is 0 Å². The SMILES string of the molecule is Cc1c[nH]c(S(=O)(=O)O)c1[N+](=O)[O-]. The molecule has 0 aliphatic heterocycles. The fraction of sp³-hybridized carbons (Fsp3) is 0.200. The highest BCUT2D eigenvalue weighted by Gasteiger charge is 2.28. The van der Waals surface area contributed by atoms with Crippen LogP contribution < -0.4 is 0 Å². The van der Waals surface area contributed by atoms with Gasteiger partial charge in [0.2, 0.25) is 5.03 Å². The highest BCUT2D eigenvalue weighted by molar-refractivity contribution is 7.85. The molecule has 0 bridgehead atoms. The molecule has 0 atom stereocenters. The van der Waals surface area contributed by atoms with Crippen LogP contribution in [-0.2, 0) is 10.1 Å². The van der Waals surface area contributed by atoms with Crippen molar-refractivity contribution in [1.82, 2.24) is 4.98 Å². The number of hydrogen-bond donors (Lipinski definition) is 2. The van der Waals surface area contributed by atoms with Gasteiger partial charge in [-0.05, 0) is 6.92 Å². The van der Waals surface area contributed by atoms with E-state index in [2.05, 4.69) is 4.98 Å². The van der Waals surface area contributed by atoms with E-state index in [4.69, 9.17) is 4.55 Å². The Balaban J connectivity index is 3.49. The molecule has 72 valence electrons. The third-order valence-electron chi connectivity index (χ3n) is 1.45. The Morgan fingerprint density at radius 1 is 1.62 bits per heavy atom. The van der Waals surface area contributed by atoms with Gasteiger partial charge in [-0.15, -0.1) is 0 Å². The molecule has 2 N–H and O–H groups in total. The van der Waals surface area contributed by atoms with Gasteiger partial charge in [0.25, 0.3) is 0 Å². The molecule has 0 amide bonds. The van der Waals surface area contributed by atoms with Gasteiger partial charge in [0.05, 0.1) is 4.92 Å². The summed E-state index contributed by atoms with van der Waals surface area (Å²) < 4.78 is 29.8.